The summed E-state index contributed by atoms with van der Waals surface area (Å²) in [6.07, 6.45) is 1.65. The minimum atomic E-state index is -1.15. The van der Waals surface area contributed by atoms with Crippen LogP contribution in [0.4, 0.5) is 4.39 Å². The number of hydrogen-bond acceptors (Lipinski definition) is 4. The van der Waals surface area contributed by atoms with Gasteiger partial charge in [0.1, 0.15) is 11.3 Å². The monoisotopic (exact) mass is 323 g/mol. The van der Waals surface area contributed by atoms with Crippen LogP contribution in [0.25, 0.3) is 33.5 Å². The molecule has 0 fully saturated rings. The molecule has 4 rings (SSSR count). The van der Waals surface area contributed by atoms with E-state index in [-0.39, 0.29) is 12.2 Å². The fraction of sp³-hybridized carbons (Fsp3) is 0.111. The molecule has 24 heavy (non-hydrogen) atoms. The number of nitrogens with zero attached hydrogens (tertiary/aromatic N) is 2. The van der Waals surface area contributed by atoms with Crippen LogP contribution in [0.3, 0.4) is 0 Å². The SMILES string of the molecule is Cn1cc(-c2nc3ccc(CC(=O)[O-])cc3o2)c2ccc(F)cc21. The van der Waals surface area contributed by atoms with Gasteiger partial charge in [-0.3, -0.25) is 0 Å². The van der Waals surface area contributed by atoms with Gasteiger partial charge in [-0.25, -0.2) is 9.37 Å². The van der Waals surface area contributed by atoms with E-state index >= 15 is 0 Å². The van der Waals surface area contributed by atoms with Crippen molar-refractivity contribution in [2.45, 2.75) is 6.42 Å². The first-order valence-corrected chi connectivity index (χ1v) is 7.35. The smallest absolute Gasteiger partial charge is 0.229 e. The Hall–Kier alpha value is -3.15. The van der Waals surface area contributed by atoms with Gasteiger partial charge in [0.15, 0.2) is 5.58 Å². The van der Waals surface area contributed by atoms with E-state index in [0.717, 1.165) is 16.5 Å². The maximum atomic E-state index is 13.4. The molecule has 0 bridgehead atoms. The van der Waals surface area contributed by atoms with Gasteiger partial charge in [0, 0.05) is 31.0 Å². The third-order valence-corrected chi connectivity index (χ3v) is 3.98. The van der Waals surface area contributed by atoms with Crippen LogP contribution < -0.4 is 5.11 Å². The summed E-state index contributed by atoms with van der Waals surface area (Å²) in [5, 5.41) is 11.6. The fourth-order valence-electron chi connectivity index (χ4n) is 2.89. The Balaban J connectivity index is 1.86. The minimum Gasteiger partial charge on any atom is -0.550 e. The third-order valence-electron chi connectivity index (χ3n) is 3.98. The van der Waals surface area contributed by atoms with Crippen molar-refractivity contribution in [1.82, 2.24) is 9.55 Å². The number of carboxylic acid groups (broad SMARTS) is 1. The first kappa shape index (κ1) is 14.4. The summed E-state index contributed by atoms with van der Waals surface area (Å²) in [6.45, 7) is 0. The lowest BCUT2D eigenvalue weighted by Gasteiger charge is -2.00. The summed E-state index contributed by atoms with van der Waals surface area (Å²) in [4.78, 5) is 15.2. The van der Waals surface area contributed by atoms with Crippen LogP contribution in [-0.4, -0.2) is 15.5 Å². The van der Waals surface area contributed by atoms with E-state index in [4.69, 9.17) is 4.42 Å². The lowest BCUT2D eigenvalue weighted by Crippen LogP contribution is -2.24. The Morgan fingerprint density at radius 1 is 1.29 bits per heavy atom. The van der Waals surface area contributed by atoms with Gasteiger partial charge in [0.25, 0.3) is 0 Å². The van der Waals surface area contributed by atoms with Gasteiger partial charge >= 0.3 is 0 Å². The molecule has 0 N–H and O–H groups in total. The lowest BCUT2D eigenvalue weighted by molar-refractivity contribution is -0.304. The van der Waals surface area contributed by atoms with Crippen molar-refractivity contribution >= 4 is 28.0 Å². The molecule has 0 amide bonds. The number of aliphatic carboxylic acids is 1. The molecule has 2 aromatic heterocycles. The molecule has 2 heterocycles. The summed E-state index contributed by atoms with van der Waals surface area (Å²) in [7, 11) is 1.83. The van der Waals surface area contributed by atoms with Crippen LogP contribution in [-0.2, 0) is 18.3 Å². The molecule has 4 aromatic rings. The van der Waals surface area contributed by atoms with Gasteiger partial charge in [-0.15, -0.1) is 0 Å². The van der Waals surface area contributed by atoms with E-state index in [1.165, 1.54) is 12.1 Å². The number of benzene rings is 2. The van der Waals surface area contributed by atoms with Crippen LogP contribution in [0.5, 0.6) is 0 Å². The highest BCUT2D eigenvalue weighted by atomic mass is 19.1. The number of aromatic nitrogens is 2. The first-order chi connectivity index (χ1) is 11.5. The molecule has 120 valence electrons. The standard InChI is InChI=1S/C18H13FN2O3/c1-21-9-13(12-4-3-11(19)8-15(12)21)18-20-14-5-2-10(7-17(22)23)6-16(14)24-18/h2-6,8-9H,7H2,1H3,(H,22,23)/p-1. The van der Waals surface area contributed by atoms with E-state index in [2.05, 4.69) is 4.98 Å². The number of rotatable bonds is 3. The van der Waals surface area contributed by atoms with Crippen molar-refractivity contribution in [3.05, 3.63) is 54.0 Å². The zero-order valence-corrected chi connectivity index (χ0v) is 12.7. The molecule has 0 unspecified atom stereocenters. The number of aryl methyl sites for hydroxylation is 1. The zero-order valence-electron chi connectivity index (χ0n) is 12.7. The zero-order chi connectivity index (χ0) is 16.8. The number of carboxylic acids is 1. The quantitative estimate of drug-likeness (QED) is 0.580. The molecule has 0 radical (unpaired) electrons. The maximum absolute atomic E-state index is 13.4. The lowest BCUT2D eigenvalue weighted by atomic mass is 10.1. The Morgan fingerprint density at radius 3 is 2.92 bits per heavy atom. The highest BCUT2D eigenvalue weighted by Crippen LogP contribution is 2.32. The molecule has 2 aromatic carbocycles. The predicted octanol–water partition coefficient (Wildman–Crippen LogP) is 2.42. The van der Waals surface area contributed by atoms with Crippen LogP contribution in [0, 0.1) is 5.82 Å². The molecule has 5 nitrogen and oxygen atoms in total. The fourth-order valence-corrected chi connectivity index (χ4v) is 2.89. The van der Waals surface area contributed by atoms with E-state index in [9.17, 15) is 14.3 Å². The predicted molar refractivity (Wildman–Crippen MR) is 84.6 cm³/mol. The van der Waals surface area contributed by atoms with Crippen molar-refractivity contribution < 1.29 is 18.7 Å². The van der Waals surface area contributed by atoms with Crippen LogP contribution in [0.15, 0.2) is 47.0 Å². The molecule has 6 heteroatoms. The number of halogens is 1. The van der Waals surface area contributed by atoms with E-state index in [1.54, 1.807) is 24.3 Å². The highest BCUT2D eigenvalue weighted by Gasteiger charge is 2.15. The van der Waals surface area contributed by atoms with Gasteiger partial charge in [0.2, 0.25) is 5.89 Å². The number of fused-ring (bicyclic) bond motifs is 2. The second-order valence-electron chi connectivity index (χ2n) is 5.69. The summed E-state index contributed by atoms with van der Waals surface area (Å²) in [5.74, 6) is -1.04. The van der Waals surface area contributed by atoms with Crippen LogP contribution >= 0.6 is 0 Å². The summed E-state index contributed by atoms with van der Waals surface area (Å²) >= 11 is 0. The minimum absolute atomic E-state index is 0.181. The molecular weight excluding hydrogens is 311 g/mol. The normalized spacial score (nSPS) is 11.4. The summed E-state index contributed by atoms with van der Waals surface area (Å²) < 4.78 is 21.0. The molecule has 0 spiro atoms. The second kappa shape index (κ2) is 5.19. The Labute approximate surface area is 136 Å². The van der Waals surface area contributed by atoms with Crippen molar-refractivity contribution in [2.75, 3.05) is 0 Å². The highest BCUT2D eigenvalue weighted by molar-refractivity contribution is 5.95. The number of carbonyl (C=O) groups excluding carboxylic acids is 1. The Bertz CT molecular complexity index is 1090. The van der Waals surface area contributed by atoms with E-state index < -0.39 is 5.97 Å². The van der Waals surface area contributed by atoms with Crippen molar-refractivity contribution in [1.29, 1.82) is 0 Å². The molecular formula is C18H12FN2O3-. The first-order valence-electron chi connectivity index (χ1n) is 7.35. The van der Waals surface area contributed by atoms with Crippen molar-refractivity contribution in [2.24, 2.45) is 7.05 Å². The number of oxazole rings is 1. The van der Waals surface area contributed by atoms with E-state index in [0.29, 0.717) is 22.6 Å². The molecule has 0 aliphatic rings. The molecule has 0 saturated carbocycles. The second-order valence-corrected chi connectivity index (χ2v) is 5.69. The van der Waals surface area contributed by atoms with Crippen LogP contribution in [0.1, 0.15) is 5.56 Å². The number of hydrogen-bond donors (Lipinski definition) is 0. The average molecular weight is 323 g/mol. The molecule has 0 saturated heterocycles. The Kier molecular flexibility index (Phi) is 3.13. The molecule has 0 aliphatic heterocycles. The van der Waals surface area contributed by atoms with Gasteiger partial charge in [0.05, 0.1) is 11.1 Å². The topological polar surface area (TPSA) is 71.1 Å². The van der Waals surface area contributed by atoms with E-state index in [1.807, 2.05) is 17.8 Å². The van der Waals surface area contributed by atoms with Crippen molar-refractivity contribution in [3.63, 3.8) is 0 Å². The summed E-state index contributed by atoms with van der Waals surface area (Å²) in [5.41, 5.74) is 3.22. The Morgan fingerprint density at radius 2 is 2.12 bits per heavy atom. The summed E-state index contributed by atoms with van der Waals surface area (Å²) in [6, 6.07) is 9.59. The van der Waals surface area contributed by atoms with Crippen LogP contribution in [0.2, 0.25) is 0 Å². The van der Waals surface area contributed by atoms with Gasteiger partial charge in [-0.05, 0) is 35.9 Å². The third kappa shape index (κ3) is 2.32. The van der Waals surface area contributed by atoms with Gasteiger partial charge in [-0.2, -0.15) is 0 Å². The largest absolute Gasteiger partial charge is 0.550 e. The van der Waals surface area contributed by atoms with Gasteiger partial charge in [-0.1, -0.05) is 6.07 Å². The molecule has 0 aliphatic carbocycles. The van der Waals surface area contributed by atoms with Gasteiger partial charge < -0.3 is 18.9 Å². The number of carbonyl (C=O) groups is 1. The maximum Gasteiger partial charge on any atom is 0.229 e. The molecule has 0 atom stereocenters. The average Bonchev–Trinajstić information content (AvgIpc) is 3.08. The van der Waals surface area contributed by atoms with Crippen molar-refractivity contribution in [3.8, 4) is 11.5 Å².